The van der Waals surface area contributed by atoms with Gasteiger partial charge in [0.15, 0.2) is 5.78 Å². The summed E-state index contributed by atoms with van der Waals surface area (Å²) in [7, 11) is -1.12. The Morgan fingerprint density at radius 1 is 1.35 bits per heavy atom. The van der Waals surface area contributed by atoms with E-state index < -0.39 is 16.0 Å². The van der Waals surface area contributed by atoms with Gasteiger partial charge in [0.25, 0.3) is 0 Å². The summed E-state index contributed by atoms with van der Waals surface area (Å²) >= 11 is 5.83. The van der Waals surface area contributed by atoms with Crippen molar-refractivity contribution >= 4 is 28.2 Å². The Morgan fingerprint density at radius 3 is 2.53 bits per heavy atom. The summed E-state index contributed by atoms with van der Waals surface area (Å²) in [5, 5.41) is 0.0496. The second-order valence-corrected chi connectivity index (χ2v) is 6.70. The summed E-state index contributed by atoms with van der Waals surface area (Å²) in [6.45, 7) is 5.70. The Balaban J connectivity index is 2.80. The molecule has 0 aliphatic heterocycles. The lowest BCUT2D eigenvalue weighted by Crippen LogP contribution is -2.26. The largest absolute Gasteiger partial charge is 0.293 e. The van der Waals surface area contributed by atoms with Crippen molar-refractivity contribution in [2.45, 2.75) is 26.0 Å². The standard InChI is InChI=1S/C13H17ClO2S/c1-9(2)8-17(16)10(3)13(15)11-5-4-6-12(14)7-11/h4-7,9-10H,8H2,1-3H3. The lowest BCUT2D eigenvalue weighted by atomic mass is 10.1. The van der Waals surface area contributed by atoms with Crippen LogP contribution in [0.4, 0.5) is 0 Å². The molecule has 0 saturated heterocycles. The fourth-order valence-electron chi connectivity index (χ4n) is 1.47. The maximum absolute atomic E-state index is 12.1. The fraction of sp³-hybridized carbons (Fsp3) is 0.462. The van der Waals surface area contributed by atoms with Gasteiger partial charge in [-0.15, -0.1) is 0 Å². The van der Waals surface area contributed by atoms with E-state index in [0.29, 0.717) is 22.3 Å². The van der Waals surface area contributed by atoms with E-state index in [9.17, 15) is 9.00 Å². The molecule has 2 nitrogen and oxygen atoms in total. The monoisotopic (exact) mass is 272 g/mol. The molecule has 0 amide bonds. The van der Waals surface area contributed by atoms with Gasteiger partial charge in [0.05, 0.1) is 5.25 Å². The van der Waals surface area contributed by atoms with E-state index in [-0.39, 0.29) is 5.78 Å². The molecule has 0 N–H and O–H groups in total. The Morgan fingerprint density at radius 2 is 2.00 bits per heavy atom. The summed E-state index contributed by atoms with van der Waals surface area (Å²) in [5.74, 6) is 0.768. The van der Waals surface area contributed by atoms with Gasteiger partial charge >= 0.3 is 0 Å². The zero-order chi connectivity index (χ0) is 13.0. The van der Waals surface area contributed by atoms with Crippen molar-refractivity contribution in [1.29, 1.82) is 0 Å². The highest BCUT2D eigenvalue weighted by atomic mass is 35.5. The first-order valence-corrected chi connectivity index (χ1v) is 7.34. The first-order valence-electron chi connectivity index (χ1n) is 5.58. The third-order valence-corrected chi connectivity index (χ3v) is 4.60. The summed E-state index contributed by atoms with van der Waals surface area (Å²) in [6, 6.07) is 6.77. The molecule has 1 aromatic rings. The number of rotatable bonds is 5. The van der Waals surface area contributed by atoms with E-state index in [1.807, 2.05) is 13.8 Å². The van der Waals surface area contributed by atoms with Crippen LogP contribution in [-0.2, 0) is 10.8 Å². The Labute approximate surface area is 110 Å². The molecule has 2 atom stereocenters. The van der Waals surface area contributed by atoms with Crippen LogP contribution < -0.4 is 0 Å². The van der Waals surface area contributed by atoms with Crippen molar-refractivity contribution in [1.82, 2.24) is 0 Å². The molecule has 0 bridgehead atoms. The highest BCUT2D eigenvalue weighted by Crippen LogP contribution is 2.15. The number of hydrogen-bond donors (Lipinski definition) is 0. The number of carbonyl (C=O) groups excluding carboxylic acids is 1. The second kappa shape index (κ2) is 6.31. The number of benzene rings is 1. The molecule has 0 heterocycles. The van der Waals surface area contributed by atoms with Crippen molar-refractivity contribution in [3.8, 4) is 0 Å². The molecule has 1 rings (SSSR count). The average molecular weight is 273 g/mol. The van der Waals surface area contributed by atoms with Crippen molar-refractivity contribution in [3.05, 3.63) is 34.9 Å². The van der Waals surface area contributed by atoms with Gasteiger partial charge in [-0.1, -0.05) is 37.6 Å². The summed E-state index contributed by atoms with van der Waals surface area (Å²) in [6.07, 6.45) is 0. The van der Waals surface area contributed by atoms with Crippen LogP contribution in [0.25, 0.3) is 0 Å². The van der Waals surface area contributed by atoms with Gasteiger partial charge in [-0.25, -0.2) is 0 Å². The molecule has 94 valence electrons. The Bertz CT molecular complexity index is 429. The maximum atomic E-state index is 12.1. The van der Waals surface area contributed by atoms with Crippen LogP contribution in [0, 0.1) is 5.92 Å². The van der Waals surface area contributed by atoms with Crippen LogP contribution in [-0.4, -0.2) is 21.0 Å². The normalized spacial score (nSPS) is 14.6. The zero-order valence-electron chi connectivity index (χ0n) is 10.3. The van der Waals surface area contributed by atoms with Crippen LogP contribution >= 0.6 is 11.6 Å². The molecule has 0 radical (unpaired) electrons. The van der Waals surface area contributed by atoms with E-state index >= 15 is 0 Å². The van der Waals surface area contributed by atoms with Gasteiger partial charge in [0.1, 0.15) is 0 Å². The topological polar surface area (TPSA) is 34.1 Å². The van der Waals surface area contributed by atoms with Crippen LogP contribution in [0.3, 0.4) is 0 Å². The van der Waals surface area contributed by atoms with Crippen LogP contribution in [0.15, 0.2) is 24.3 Å². The van der Waals surface area contributed by atoms with E-state index in [1.165, 1.54) is 0 Å². The average Bonchev–Trinajstić information content (AvgIpc) is 2.26. The smallest absolute Gasteiger partial charge is 0.178 e. The number of halogens is 1. The second-order valence-electron chi connectivity index (χ2n) is 4.46. The molecule has 0 spiro atoms. The van der Waals surface area contributed by atoms with Crippen molar-refractivity contribution in [2.24, 2.45) is 5.92 Å². The first kappa shape index (κ1) is 14.4. The van der Waals surface area contributed by atoms with Gasteiger partial charge in [-0.05, 0) is 25.0 Å². The van der Waals surface area contributed by atoms with E-state index in [4.69, 9.17) is 11.6 Å². The van der Waals surface area contributed by atoms with Crippen LogP contribution in [0.5, 0.6) is 0 Å². The molecular formula is C13H17ClO2S. The van der Waals surface area contributed by atoms with E-state index in [1.54, 1.807) is 31.2 Å². The van der Waals surface area contributed by atoms with Crippen molar-refractivity contribution < 1.29 is 9.00 Å². The van der Waals surface area contributed by atoms with Gasteiger partial charge < -0.3 is 0 Å². The van der Waals surface area contributed by atoms with Gasteiger partial charge in [0.2, 0.25) is 0 Å². The molecule has 0 saturated carbocycles. The van der Waals surface area contributed by atoms with E-state index in [0.717, 1.165) is 0 Å². The molecule has 0 aromatic heterocycles. The van der Waals surface area contributed by atoms with Crippen molar-refractivity contribution in [2.75, 3.05) is 5.75 Å². The Kier molecular flexibility index (Phi) is 5.34. The number of Topliss-reactive ketones (excluding diaryl/α,β-unsaturated/α-hetero) is 1. The zero-order valence-corrected chi connectivity index (χ0v) is 11.8. The maximum Gasteiger partial charge on any atom is 0.178 e. The fourth-order valence-corrected chi connectivity index (χ4v) is 2.98. The lowest BCUT2D eigenvalue weighted by molar-refractivity contribution is 0.0992. The third-order valence-electron chi connectivity index (χ3n) is 2.37. The lowest BCUT2D eigenvalue weighted by Gasteiger charge is -2.12. The quantitative estimate of drug-likeness (QED) is 0.771. The minimum absolute atomic E-state index is 0.105. The predicted octanol–water partition coefficient (Wildman–Crippen LogP) is 3.32. The summed E-state index contributed by atoms with van der Waals surface area (Å²) in [5.41, 5.74) is 0.530. The number of hydrogen-bond acceptors (Lipinski definition) is 2. The Hall–Kier alpha value is -0.670. The number of ketones is 1. The molecule has 0 aliphatic rings. The highest BCUT2D eigenvalue weighted by Gasteiger charge is 2.21. The minimum Gasteiger partial charge on any atom is -0.293 e. The molecule has 17 heavy (non-hydrogen) atoms. The van der Waals surface area contributed by atoms with Crippen LogP contribution in [0.2, 0.25) is 5.02 Å². The molecule has 2 unspecified atom stereocenters. The number of carbonyl (C=O) groups is 1. The van der Waals surface area contributed by atoms with Crippen LogP contribution in [0.1, 0.15) is 31.1 Å². The minimum atomic E-state index is -1.12. The predicted molar refractivity (Wildman–Crippen MR) is 73.1 cm³/mol. The van der Waals surface area contributed by atoms with Gasteiger partial charge in [0, 0.05) is 27.1 Å². The van der Waals surface area contributed by atoms with E-state index in [2.05, 4.69) is 0 Å². The highest BCUT2D eigenvalue weighted by molar-refractivity contribution is 7.86. The summed E-state index contributed by atoms with van der Waals surface area (Å²) in [4.78, 5) is 12.1. The molecule has 0 aliphatic carbocycles. The molecule has 0 fully saturated rings. The first-order chi connectivity index (χ1) is 7.91. The molecule has 4 heteroatoms. The summed E-state index contributed by atoms with van der Waals surface area (Å²) < 4.78 is 11.9. The molecular weight excluding hydrogens is 256 g/mol. The third kappa shape index (κ3) is 4.25. The van der Waals surface area contributed by atoms with Gasteiger partial charge in [-0.2, -0.15) is 0 Å². The van der Waals surface area contributed by atoms with Gasteiger partial charge in [-0.3, -0.25) is 9.00 Å². The molecule has 1 aromatic carbocycles. The van der Waals surface area contributed by atoms with Crippen molar-refractivity contribution in [3.63, 3.8) is 0 Å². The SMILES string of the molecule is CC(C)CS(=O)C(C)C(=O)c1cccc(Cl)c1.